The number of thioether (sulfide) groups is 1. The molecule has 3 nitrogen and oxygen atoms in total. The van der Waals surface area contributed by atoms with Gasteiger partial charge in [0.05, 0.1) is 17.1 Å². The first-order chi connectivity index (χ1) is 9.95. The molecule has 110 valence electrons. The van der Waals surface area contributed by atoms with Gasteiger partial charge in [-0.2, -0.15) is 0 Å². The van der Waals surface area contributed by atoms with Crippen LogP contribution in [-0.2, 0) is 4.79 Å². The average Bonchev–Trinajstić information content (AvgIpc) is 2.43. The molecule has 0 heterocycles. The van der Waals surface area contributed by atoms with Gasteiger partial charge in [0.25, 0.3) is 0 Å². The van der Waals surface area contributed by atoms with Crippen LogP contribution in [0.15, 0.2) is 41.3 Å². The van der Waals surface area contributed by atoms with Crippen molar-refractivity contribution in [2.45, 2.75) is 18.7 Å². The summed E-state index contributed by atoms with van der Waals surface area (Å²) in [4.78, 5) is 13.1. The minimum absolute atomic E-state index is 0.0880. The zero-order valence-corrected chi connectivity index (χ0v) is 13.5. The Labute approximate surface area is 133 Å². The van der Waals surface area contributed by atoms with Gasteiger partial charge in [0.15, 0.2) is 0 Å². The van der Waals surface area contributed by atoms with Crippen LogP contribution < -0.4 is 11.1 Å². The molecule has 1 amide bonds. The lowest BCUT2D eigenvalue weighted by Gasteiger charge is -2.09. The van der Waals surface area contributed by atoms with Crippen LogP contribution >= 0.6 is 23.4 Å². The number of aryl methyl sites for hydroxylation is 2. The molecule has 0 atom stereocenters. The second-order valence-electron chi connectivity index (χ2n) is 4.84. The molecule has 0 bridgehead atoms. The largest absolute Gasteiger partial charge is 0.397 e. The Morgan fingerprint density at radius 1 is 1.24 bits per heavy atom. The van der Waals surface area contributed by atoms with Crippen molar-refractivity contribution in [3.8, 4) is 0 Å². The van der Waals surface area contributed by atoms with Crippen LogP contribution in [-0.4, -0.2) is 11.7 Å². The fourth-order valence-electron chi connectivity index (χ4n) is 1.84. The number of amides is 1. The van der Waals surface area contributed by atoms with Crippen molar-refractivity contribution in [2.75, 3.05) is 16.8 Å². The maximum absolute atomic E-state index is 12.0. The number of rotatable bonds is 4. The summed E-state index contributed by atoms with van der Waals surface area (Å²) in [6.45, 7) is 4.08. The summed E-state index contributed by atoms with van der Waals surface area (Å²) in [6.07, 6.45) is 0. The highest BCUT2D eigenvalue weighted by atomic mass is 35.5. The van der Waals surface area contributed by atoms with E-state index in [1.807, 2.05) is 13.8 Å². The van der Waals surface area contributed by atoms with Gasteiger partial charge in [-0.05, 0) is 43.7 Å². The van der Waals surface area contributed by atoms with Crippen molar-refractivity contribution < 1.29 is 4.79 Å². The third kappa shape index (κ3) is 4.41. The number of nitrogens with two attached hydrogens (primary N) is 1. The van der Waals surface area contributed by atoms with E-state index in [1.165, 1.54) is 22.9 Å². The minimum atomic E-state index is -0.0880. The maximum atomic E-state index is 12.0. The summed E-state index contributed by atoms with van der Waals surface area (Å²) >= 11 is 7.35. The summed E-state index contributed by atoms with van der Waals surface area (Å²) in [5, 5.41) is 3.35. The van der Waals surface area contributed by atoms with Crippen molar-refractivity contribution in [3.05, 3.63) is 52.5 Å². The Bertz CT molecular complexity index is 673. The highest BCUT2D eigenvalue weighted by Crippen LogP contribution is 2.25. The number of hydrogen-bond acceptors (Lipinski definition) is 3. The molecule has 0 fully saturated rings. The topological polar surface area (TPSA) is 55.1 Å². The summed E-state index contributed by atoms with van der Waals surface area (Å²) in [5.74, 6) is 0.252. The van der Waals surface area contributed by atoms with Gasteiger partial charge in [-0.3, -0.25) is 4.79 Å². The second kappa shape index (κ2) is 6.87. The van der Waals surface area contributed by atoms with Gasteiger partial charge in [-0.15, -0.1) is 11.8 Å². The van der Waals surface area contributed by atoms with Crippen molar-refractivity contribution in [1.82, 2.24) is 0 Å². The lowest BCUT2D eigenvalue weighted by Crippen LogP contribution is -2.15. The first-order valence-corrected chi connectivity index (χ1v) is 7.87. The van der Waals surface area contributed by atoms with Gasteiger partial charge in [0, 0.05) is 9.92 Å². The van der Waals surface area contributed by atoms with E-state index in [4.69, 9.17) is 17.3 Å². The smallest absolute Gasteiger partial charge is 0.234 e. The highest BCUT2D eigenvalue weighted by molar-refractivity contribution is 8.00. The molecular formula is C16H17ClN2OS. The molecule has 5 heteroatoms. The molecule has 0 aliphatic rings. The predicted molar refractivity (Wildman–Crippen MR) is 91.1 cm³/mol. The molecule has 0 saturated carbocycles. The zero-order chi connectivity index (χ0) is 15.4. The van der Waals surface area contributed by atoms with E-state index in [1.54, 1.807) is 18.2 Å². The SMILES string of the molecule is Cc1ccc(C)c(SCC(=O)Nc2ccc(Cl)cc2N)c1. The van der Waals surface area contributed by atoms with Gasteiger partial charge in [-0.25, -0.2) is 0 Å². The highest BCUT2D eigenvalue weighted by Gasteiger charge is 2.08. The Balaban J connectivity index is 1.97. The molecule has 0 radical (unpaired) electrons. The van der Waals surface area contributed by atoms with Crippen LogP contribution in [0.5, 0.6) is 0 Å². The lowest BCUT2D eigenvalue weighted by atomic mass is 10.2. The number of hydrogen-bond donors (Lipinski definition) is 2. The summed E-state index contributed by atoms with van der Waals surface area (Å²) in [6, 6.07) is 11.2. The standard InChI is InChI=1S/C16H17ClN2OS/c1-10-3-4-11(2)15(7-10)21-9-16(20)19-14-6-5-12(17)8-13(14)18/h3-8H,9,18H2,1-2H3,(H,19,20). The van der Waals surface area contributed by atoms with Gasteiger partial charge in [0.1, 0.15) is 0 Å². The monoisotopic (exact) mass is 320 g/mol. The maximum Gasteiger partial charge on any atom is 0.234 e. The molecule has 0 aliphatic heterocycles. The molecule has 2 aromatic rings. The molecule has 0 aliphatic carbocycles. The van der Waals surface area contributed by atoms with Crippen molar-refractivity contribution in [2.24, 2.45) is 0 Å². The molecule has 0 aromatic heterocycles. The average molecular weight is 321 g/mol. The van der Waals surface area contributed by atoms with Gasteiger partial charge in [0.2, 0.25) is 5.91 Å². The number of nitrogen functional groups attached to an aromatic ring is 1. The fourth-order valence-corrected chi connectivity index (χ4v) is 2.94. The van der Waals surface area contributed by atoms with Crippen LogP contribution in [0.1, 0.15) is 11.1 Å². The van der Waals surface area contributed by atoms with E-state index < -0.39 is 0 Å². The molecule has 0 saturated heterocycles. The number of carbonyl (C=O) groups is 1. The molecule has 0 unspecified atom stereocenters. The summed E-state index contributed by atoms with van der Waals surface area (Å²) < 4.78 is 0. The Hall–Kier alpha value is -1.65. The van der Waals surface area contributed by atoms with Crippen LogP contribution in [0.3, 0.4) is 0 Å². The lowest BCUT2D eigenvalue weighted by molar-refractivity contribution is -0.113. The minimum Gasteiger partial charge on any atom is -0.397 e. The van der Waals surface area contributed by atoms with Gasteiger partial charge >= 0.3 is 0 Å². The number of anilines is 2. The van der Waals surface area contributed by atoms with Gasteiger partial charge in [-0.1, -0.05) is 29.3 Å². The molecule has 3 N–H and O–H groups in total. The van der Waals surface area contributed by atoms with E-state index in [0.717, 1.165) is 4.90 Å². The quantitative estimate of drug-likeness (QED) is 0.653. The normalized spacial score (nSPS) is 10.4. The third-order valence-corrected chi connectivity index (χ3v) is 4.38. The Morgan fingerprint density at radius 2 is 2.00 bits per heavy atom. The fraction of sp³-hybridized carbons (Fsp3) is 0.188. The van der Waals surface area contributed by atoms with Gasteiger partial charge < -0.3 is 11.1 Å². The summed E-state index contributed by atoms with van der Waals surface area (Å²) in [7, 11) is 0. The van der Waals surface area contributed by atoms with E-state index in [-0.39, 0.29) is 5.91 Å². The van der Waals surface area contributed by atoms with Crippen molar-refractivity contribution in [1.29, 1.82) is 0 Å². The van der Waals surface area contributed by atoms with E-state index in [9.17, 15) is 4.79 Å². The zero-order valence-electron chi connectivity index (χ0n) is 11.9. The molecule has 0 spiro atoms. The van der Waals surface area contributed by atoms with Crippen LogP contribution in [0.2, 0.25) is 5.02 Å². The predicted octanol–water partition coefficient (Wildman–Crippen LogP) is 4.27. The number of halogens is 1. The van der Waals surface area contributed by atoms with E-state index in [0.29, 0.717) is 22.2 Å². The number of carbonyl (C=O) groups excluding carboxylic acids is 1. The van der Waals surface area contributed by atoms with E-state index >= 15 is 0 Å². The Morgan fingerprint density at radius 3 is 2.71 bits per heavy atom. The van der Waals surface area contributed by atoms with Crippen LogP contribution in [0.4, 0.5) is 11.4 Å². The van der Waals surface area contributed by atoms with Crippen molar-refractivity contribution in [3.63, 3.8) is 0 Å². The molecule has 2 aromatic carbocycles. The third-order valence-electron chi connectivity index (χ3n) is 2.99. The number of nitrogens with one attached hydrogen (secondary N) is 1. The second-order valence-corrected chi connectivity index (χ2v) is 6.29. The van der Waals surface area contributed by atoms with Crippen molar-refractivity contribution >= 4 is 40.6 Å². The summed E-state index contributed by atoms with van der Waals surface area (Å²) in [5.41, 5.74) is 9.23. The molecular weight excluding hydrogens is 304 g/mol. The first-order valence-electron chi connectivity index (χ1n) is 6.50. The van der Waals surface area contributed by atoms with Crippen LogP contribution in [0.25, 0.3) is 0 Å². The first kappa shape index (κ1) is 15.7. The van der Waals surface area contributed by atoms with Crippen LogP contribution in [0, 0.1) is 13.8 Å². The Kier molecular flexibility index (Phi) is 5.15. The molecule has 2 rings (SSSR count). The van der Waals surface area contributed by atoms with E-state index in [2.05, 4.69) is 23.5 Å². The number of benzene rings is 2. The molecule has 21 heavy (non-hydrogen) atoms.